The van der Waals surface area contributed by atoms with Crippen molar-refractivity contribution in [2.75, 3.05) is 11.9 Å². The molecule has 0 saturated carbocycles. The zero-order valence-corrected chi connectivity index (χ0v) is 19.3. The fourth-order valence-corrected chi connectivity index (χ4v) is 4.15. The van der Waals surface area contributed by atoms with Crippen molar-refractivity contribution in [1.29, 1.82) is 0 Å². The van der Waals surface area contributed by atoms with Gasteiger partial charge in [0.25, 0.3) is 5.91 Å². The maximum atomic E-state index is 12.6. The SMILES string of the molecule is Cc1ccc(C)c(NC(=O)COC(=O)C(NS(=O)(=O)c2ccc(Cl)c(Cl)c2)C(C)O)c1. The molecule has 31 heavy (non-hydrogen) atoms. The summed E-state index contributed by atoms with van der Waals surface area (Å²) in [5.74, 6) is -1.73. The molecule has 2 rings (SSSR count). The molecule has 8 nitrogen and oxygen atoms in total. The number of hydrogen-bond acceptors (Lipinski definition) is 6. The first kappa shape index (κ1) is 25.1. The molecule has 0 saturated heterocycles. The van der Waals surface area contributed by atoms with E-state index in [0.717, 1.165) is 17.2 Å². The van der Waals surface area contributed by atoms with Crippen molar-refractivity contribution in [3.8, 4) is 0 Å². The average Bonchev–Trinajstić information content (AvgIpc) is 2.69. The second-order valence-electron chi connectivity index (χ2n) is 6.89. The summed E-state index contributed by atoms with van der Waals surface area (Å²) >= 11 is 11.6. The normalized spacial score (nSPS) is 13.4. The Hall–Kier alpha value is -2.17. The predicted octanol–water partition coefficient (Wildman–Crippen LogP) is 2.82. The van der Waals surface area contributed by atoms with Gasteiger partial charge in [-0.15, -0.1) is 0 Å². The summed E-state index contributed by atoms with van der Waals surface area (Å²) in [6, 6.07) is 7.42. The lowest BCUT2D eigenvalue weighted by Gasteiger charge is -2.20. The number of nitrogens with one attached hydrogen (secondary N) is 2. The Morgan fingerprint density at radius 3 is 2.39 bits per heavy atom. The van der Waals surface area contributed by atoms with Crippen LogP contribution in [-0.4, -0.2) is 44.2 Å². The molecule has 2 aromatic carbocycles. The summed E-state index contributed by atoms with van der Waals surface area (Å²) < 4.78 is 32.1. The molecule has 0 aliphatic rings. The number of aliphatic hydroxyl groups is 1. The van der Waals surface area contributed by atoms with Gasteiger partial charge in [0.2, 0.25) is 10.0 Å². The van der Waals surface area contributed by atoms with E-state index in [2.05, 4.69) is 10.0 Å². The molecule has 3 N–H and O–H groups in total. The number of rotatable bonds is 8. The molecule has 2 unspecified atom stereocenters. The molecule has 0 radical (unpaired) electrons. The highest BCUT2D eigenvalue weighted by Gasteiger charge is 2.31. The summed E-state index contributed by atoms with van der Waals surface area (Å²) in [5.41, 5.74) is 2.32. The smallest absolute Gasteiger partial charge is 0.327 e. The van der Waals surface area contributed by atoms with Crippen LogP contribution in [0.4, 0.5) is 5.69 Å². The van der Waals surface area contributed by atoms with Crippen LogP contribution < -0.4 is 10.0 Å². The number of ether oxygens (including phenoxy) is 1. The lowest BCUT2D eigenvalue weighted by molar-refractivity contribution is -0.151. The molecule has 0 spiro atoms. The van der Waals surface area contributed by atoms with Crippen LogP contribution in [0.15, 0.2) is 41.3 Å². The standard InChI is InChI=1S/C20H22Cl2N2O6S/c1-11-4-5-12(2)17(8-11)23-18(26)10-30-20(27)19(13(3)25)24-31(28,29)14-6-7-15(21)16(22)9-14/h4-9,13,19,24-25H,10H2,1-3H3,(H,23,26). The third kappa shape index (κ3) is 6.91. The van der Waals surface area contributed by atoms with Gasteiger partial charge in [0.05, 0.1) is 21.0 Å². The van der Waals surface area contributed by atoms with Crippen molar-refractivity contribution in [1.82, 2.24) is 4.72 Å². The zero-order valence-electron chi connectivity index (χ0n) is 17.0. The van der Waals surface area contributed by atoms with E-state index in [9.17, 15) is 23.1 Å². The number of anilines is 1. The topological polar surface area (TPSA) is 122 Å². The van der Waals surface area contributed by atoms with Crippen LogP contribution >= 0.6 is 23.2 Å². The fourth-order valence-electron chi connectivity index (χ4n) is 2.51. The number of aliphatic hydroxyl groups excluding tert-OH is 1. The second kappa shape index (κ2) is 10.4. The van der Waals surface area contributed by atoms with Crippen LogP contribution in [0, 0.1) is 13.8 Å². The lowest BCUT2D eigenvalue weighted by atomic mass is 10.1. The predicted molar refractivity (Wildman–Crippen MR) is 118 cm³/mol. The van der Waals surface area contributed by atoms with Gasteiger partial charge >= 0.3 is 5.97 Å². The van der Waals surface area contributed by atoms with Crippen molar-refractivity contribution in [3.05, 3.63) is 57.6 Å². The molecule has 0 bridgehead atoms. The largest absolute Gasteiger partial charge is 0.454 e. The Balaban J connectivity index is 2.05. The molecule has 0 aliphatic carbocycles. The zero-order chi connectivity index (χ0) is 23.3. The van der Waals surface area contributed by atoms with Gasteiger partial charge < -0.3 is 15.2 Å². The van der Waals surface area contributed by atoms with Crippen LogP contribution in [0.25, 0.3) is 0 Å². The molecule has 11 heteroatoms. The van der Waals surface area contributed by atoms with Gasteiger partial charge in [0.15, 0.2) is 6.61 Å². The molecule has 0 aliphatic heterocycles. The third-order valence-electron chi connectivity index (χ3n) is 4.23. The summed E-state index contributed by atoms with van der Waals surface area (Å²) in [6.07, 6.45) is -1.44. The summed E-state index contributed by atoms with van der Waals surface area (Å²) in [6.45, 7) is 4.22. The summed E-state index contributed by atoms with van der Waals surface area (Å²) in [5, 5.41) is 12.7. The fraction of sp³-hybridized carbons (Fsp3) is 0.300. The highest BCUT2D eigenvalue weighted by atomic mass is 35.5. The van der Waals surface area contributed by atoms with E-state index in [-0.39, 0.29) is 14.9 Å². The van der Waals surface area contributed by atoms with E-state index in [1.54, 1.807) is 6.07 Å². The molecule has 0 aromatic heterocycles. The number of carbonyl (C=O) groups excluding carboxylic acids is 2. The number of halogens is 2. The molecule has 0 heterocycles. The monoisotopic (exact) mass is 488 g/mol. The highest BCUT2D eigenvalue weighted by molar-refractivity contribution is 7.89. The van der Waals surface area contributed by atoms with Gasteiger partial charge in [-0.25, -0.2) is 8.42 Å². The van der Waals surface area contributed by atoms with Gasteiger partial charge in [0.1, 0.15) is 6.04 Å². The number of carbonyl (C=O) groups is 2. The van der Waals surface area contributed by atoms with Gasteiger partial charge in [0, 0.05) is 5.69 Å². The van der Waals surface area contributed by atoms with Crippen LogP contribution in [0.5, 0.6) is 0 Å². The van der Waals surface area contributed by atoms with Crippen molar-refractivity contribution in [3.63, 3.8) is 0 Å². The Morgan fingerprint density at radius 2 is 1.77 bits per heavy atom. The van der Waals surface area contributed by atoms with Gasteiger partial charge in [-0.1, -0.05) is 35.3 Å². The third-order valence-corrected chi connectivity index (χ3v) is 6.41. The first-order chi connectivity index (χ1) is 14.4. The number of sulfonamides is 1. The Morgan fingerprint density at radius 1 is 1.10 bits per heavy atom. The van der Waals surface area contributed by atoms with Gasteiger partial charge in [-0.05, 0) is 56.2 Å². The van der Waals surface area contributed by atoms with E-state index in [1.807, 2.05) is 26.0 Å². The Bertz CT molecular complexity index is 1090. The van der Waals surface area contributed by atoms with Gasteiger partial charge in [-0.3, -0.25) is 9.59 Å². The minimum absolute atomic E-state index is 0.00354. The first-order valence-corrected chi connectivity index (χ1v) is 11.3. The van der Waals surface area contributed by atoms with Crippen LogP contribution in [-0.2, 0) is 24.3 Å². The Kier molecular flexibility index (Phi) is 8.44. The lowest BCUT2D eigenvalue weighted by Crippen LogP contribution is -2.48. The van der Waals surface area contributed by atoms with Crippen molar-refractivity contribution in [2.45, 2.75) is 37.8 Å². The number of hydrogen-bond donors (Lipinski definition) is 3. The number of amides is 1. The van der Waals surface area contributed by atoms with E-state index < -0.39 is 40.7 Å². The maximum Gasteiger partial charge on any atom is 0.327 e. The number of benzene rings is 2. The van der Waals surface area contributed by atoms with Crippen molar-refractivity contribution < 1.29 is 27.9 Å². The molecule has 168 valence electrons. The highest BCUT2D eigenvalue weighted by Crippen LogP contribution is 2.25. The van der Waals surface area contributed by atoms with Crippen molar-refractivity contribution in [2.24, 2.45) is 0 Å². The summed E-state index contributed by atoms with van der Waals surface area (Å²) in [4.78, 5) is 24.2. The molecule has 2 aromatic rings. The van der Waals surface area contributed by atoms with E-state index >= 15 is 0 Å². The second-order valence-corrected chi connectivity index (χ2v) is 9.42. The maximum absolute atomic E-state index is 12.6. The van der Waals surface area contributed by atoms with Crippen LogP contribution in [0.2, 0.25) is 10.0 Å². The number of aryl methyl sites for hydroxylation is 2. The Labute approximate surface area is 190 Å². The van der Waals surface area contributed by atoms with E-state index in [0.29, 0.717) is 5.69 Å². The molecular formula is C20H22Cl2N2O6S. The first-order valence-electron chi connectivity index (χ1n) is 9.10. The van der Waals surface area contributed by atoms with Gasteiger partial charge in [-0.2, -0.15) is 4.72 Å². The van der Waals surface area contributed by atoms with Crippen LogP contribution in [0.3, 0.4) is 0 Å². The molecule has 0 fully saturated rings. The summed E-state index contributed by atoms with van der Waals surface area (Å²) in [7, 11) is -4.24. The van der Waals surface area contributed by atoms with E-state index in [1.165, 1.54) is 19.1 Å². The molecule has 2 atom stereocenters. The quantitative estimate of drug-likeness (QED) is 0.491. The van der Waals surface area contributed by atoms with Crippen molar-refractivity contribution >= 4 is 50.8 Å². The number of esters is 1. The minimum Gasteiger partial charge on any atom is -0.454 e. The van der Waals surface area contributed by atoms with E-state index in [4.69, 9.17) is 27.9 Å². The molecular weight excluding hydrogens is 467 g/mol. The van der Waals surface area contributed by atoms with Crippen LogP contribution in [0.1, 0.15) is 18.1 Å². The minimum atomic E-state index is -4.24. The average molecular weight is 489 g/mol. The molecule has 1 amide bonds.